The zero-order chi connectivity index (χ0) is 10.9. The third-order valence-electron chi connectivity index (χ3n) is 2.61. The van der Waals surface area contributed by atoms with Crippen molar-refractivity contribution in [2.24, 2.45) is 0 Å². The summed E-state index contributed by atoms with van der Waals surface area (Å²) in [6.45, 7) is 6.04. The van der Waals surface area contributed by atoms with Crippen molar-refractivity contribution in [1.29, 1.82) is 0 Å². The minimum Gasteiger partial charge on any atom is -0.394 e. The van der Waals surface area contributed by atoms with Gasteiger partial charge in [-0.15, -0.1) is 0 Å². The molecule has 0 bridgehead atoms. The van der Waals surface area contributed by atoms with E-state index in [0.29, 0.717) is 0 Å². The molecule has 0 heterocycles. The summed E-state index contributed by atoms with van der Waals surface area (Å²) < 4.78 is 5.45. The molecule has 2 N–H and O–H groups in total. The Kier molecular flexibility index (Phi) is 8.14. The lowest BCUT2D eigenvalue weighted by Crippen LogP contribution is -2.43. The van der Waals surface area contributed by atoms with Gasteiger partial charge in [0.2, 0.25) is 0 Å². The lowest BCUT2D eigenvalue weighted by atomic mass is 9.97. The Morgan fingerprint density at radius 2 is 1.93 bits per heavy atom. The van der Waals surface area contributed by atoms with Crippen LogP contribution in [-0.2, 0) is 4.74 Å². The lowest BCUT2D eigenvalue weighted by molar-refractivity contribution is 0.110. The Morgan fingerprint density at radius 3 is 2.43 bits per heavy atom. The summed E-state index contributed by atoms with van der Waals surface area (Å²) in [6.07, 6.45) is 4.28. The van der Waals surface area contributed by atoms with E-state index in [-0.39, 0.29) is 12.1 Å². The topological polar surface area (TPSA) is 41.5 Å². The highest BCUT2D eigenvalue weighted by molar-refractivity contribution is 4.79. The number of aliphatic hydroxyl groups excluding tert-OH is 1. The van der Waals surface area contributed by atoms with Crippen LogP contribution < -0.4 is 5.32 Å². The molecule has 0 aliphatic rings. The first-order valence-corrected chi connectivity index (χ1v) is 5.56. The highest BCUT2D eigenvalue weighted by atomic mass is 16.5. The zero-order valence-corrected chi connectivity index (χ0v) is 9.81. The van der Waals surface area contributed by atoms with Crippen molar-refractivity contribution < 1.29 is 9.84 Å². The molecule has 0 amide bonds. The Balaban J connectivity index is 3.34. The number of likely N-dealkylation sites (N-methyl/N-ethyl adjacent to an activating group) is 1. The molecule has 0 radical (unpaired) electrons. The Bertz CT molecular complexity index is 124. The van der Waals surface area contributed by atoms with Crippen LogP contribution in [0.1, 0.15) is 39.5 Å². The summed E-state index contributed by atoms with van der Waals surface area (Å²) in [5.41, 5.74) is -0.145. The van der Waals surface area contributed by atoms with Crippen molar-refractivity contribution in [3.05, 3.63) is 0 Å². The third kappa shape index (κ3) is 6.35. The summed E-state index contributed by atoms with van der Waals surface area (Å²) in [5, 5.41) is 12.2. The lowest BCUT2D eigenvalue weighted by Gasteiger charge is -2.26. The molecule has 86 valence electrons. The largest absolute Gasteiger partial charge is 0.394 e. The summed E-state index contributed by atoms with van der Waals surface area (Å²) in [7, 11) is 1.88. The molecule has 0 aliphatic carbocycles. The molecule has 0 aliphatic heterocycles. The predicted molar refractivity (Wildman–Crippen MR) is 59.5 cm³/mol. The molecular weight excluding hydrogens is 178 g/mol. The number of hydrogen-bond donors (Lipinski definition) is 2. The van der Waals surface area contributed by atoms with Crippen LogP contribution in [-0.4, -0.2) is 37.5 Å². The van der Waals surface area contributed by atoms with Crippen molar-refractivity contribution in [2.75, 3.05) is 26.9 Å². The van der Waals surface area contributed by atoms with Gasteiger partial charge in [-0.3, -0.25) is 0 Å². The van der Waals surface area contributed by atoms with Gasteiger partial charge in [-0.05, 0) is 33.2 Å². The molecule has 0 saturated heterocycles. The van der Waals surface area contributed by atoms with Crippen molar-refractivity contribution in [2.45, 2.75) is 45.1 Å². The van der Waals surface area contributed by atoms with E-state index < -0.39 is 0 Å². The molecular formula is C11H25NO2. The molecule has 0 rings (SSSR count). The molecule has 0 saturated carbocycles. The van der Waals surface area contributed by atoms with Crippen LogP contribution in [0.3, 0.4) is 0 Å². The Morgan fingerprint density at radius 1 is 1.29 bits per heavy atom. The van der Waals surface area contributed by atoms with E-state index in [0.717, 1.165) is 32.5 Å². The highest BCUT2D eigenvalue weighted by Gasteiger charge is 2.19. The van der Waals surface area contributed by atoms with Gasteiger partial charge in [0.15, 0.2) is 0 Å². The fourth-order valence-electron chi connectivity index (χ4n) is 1.20. The average molecular weight is 203 g/mol. The summed E-state index contributed by atoms with van der Waals surface area (Å²) in [5.74, 6) is 0. The monoisotopic (exact) mass is 203 g/mol. The zero-order valence-electron chi connectivity index (χ0n) is 9.81. The van der Waals surface area contributed by atoms with Gasteiger partial charge in [-0.2, -0.15) is 0 Å². The van der Waals surface area contributed by atoms with Crippen LogP contribution in [0, 0.1) is 0 Å². The Labute approximate surface area is 87.8 Å². The molecule has 14 heavy (non-hydrogen) atoms. The van der Waals surface area contributed by atoms with Crippen molar-refractivity contribution in [3.63, 3.8) is 0 Å². The third-order valence-corrected chi connectivity index (χ3v) is 2.61. The van der Waals surface area contributed by atoms with Gasteiger partial charge in [-0.25, -0.2) is 0 Å². The summed E-state index contributed by atoms with van der Waals surface area (Å²) in [4.78, 5) is 0. The van der Waals surface area contributed by atoms with Gasteiger partial charge in [-0.1, -0.05) is 13.3 Å². The fraction of sp³-hybridized carbons (Fsp3) is 1.00. The maximum Gasteiger partial charge on any atom is 0.0610 e. The average Bonchev–Trinajstić information content (AvgIpc) is 2.23. The summed E-state index contributed by atoms with van der Waals surface area (Å²) >= 11 is 0. The smallest absolute Gasteiger partial charge is 0.0610 e. The van der Waals surface area contributed by atoms with E-state index in [9.17, 15) is 0 Å². The van der Waals surface area contributed by atoms with Crippen molar-refractivity contribution in [1.82, 2.24) is 5.32 Å². The molecule has 1 atom stereocenters. The maximum atomic E-state index is 9.12. The van der Waals surface area contributed by atoms with Gasteiger partial charge in [0.25, 0.3) is 0 Å². The molecule has 0 spiro atoms. The first-order valence-electron chi connectivity index (χ1n) is 5.56. The van der Waals surface area contributed by atoms with Crippen LogP contribution >= 0.6 is 0 Å². The second-order valence-electron chi connectivity index (χ2n) is 4.04. The maximum absolute atomic E-state index is 9.12. The van der Waals surface area contributed by atoms with Crippen LogP contribution in [0.2, 0.25) is 0 Å². The number of rotatable bonds is 9. The van der Waals surface area contributed by atoms with Crippen LogP contribution in [0.25, 0.3) is 0 Å². The van der Waals surface area contributed by atoms with E-state index in [1.165, 1.54) is 6.42 Å². The van der Waals surface area contributed by atoms with Gasteiger partial charge in [0.1, 0.15) is 0 Å². The van der Waals surface area contributed by atoms with Gasteiger partial charge >= 0.3 is 0 Å². The molecule has 0 fully saturated rings. The van der Waals surface area contributed by atoms with Crippen molar-refractivity contribution in [3.8, 4) is 0 Å². The van der Waals surface area contributed by atoms with E-state index >= 15 is 0 Å². The molecule has 3 heteroatoms. The second-order valence-corrected chi connectivity index (χ2v) is 4.04. The van der Waals surface area contributed by atoms with Crippen LogP contribution in [0.15, 0.2) is 0 Å². The van der Waals surface area contributed by atoms with Crippen LogP contribution in [0.4, 0.5) is 0 Å². The fourth-order valence-corrected chi connectivity index (χ4v) is 1.20. The minimum absolute atomic E-state index is 0.145. The van der Waals surface area contributed by atoms with Gasteiger partial charge in [0, 0.05) is 18.8 Å². The number of unbranched alkanes of at least 4 members (excludes halogenated alkanes) is 1. The van der Waals surface area contributed by atoms with Crippen LogP contribution in [0.5, 0.6) is 0 Å². The highest BCUT2D eigenvalue weighted by Crippen LogP contribution is 2.10. The second kappa shape index (κ2) is 8.21. The normalized spacial score (nSPS) is 15.4. The first-order chi connectivity index (χ1) is 6.68. The van der Waals surface area contributed by atoms with E-state index in [2.05, 4.69) is 12.2 Å². The summed E-state index contributed by atoms with van der Waals surface area (Å²) in [6, 6.07) is 0. The molecule has 0 aromatic rings. The Hall–Kier alpha value is -0.120. The number of aliphatic hydroxyl groups is 1. The molecule has 3 nitrogen and oxygen atoms in total. The number of ether oxygens (including phenoxy) is 1. The number of nitrogens with one attached hydrogen (secondary N) is 1. The van der Waals surface area contributed by atoms with E-state index in [1.807, 2.05) is 14.0 Å². The van der Waals surface area contributed by atoms with Gasteiger partial charge < -0.3 is 15.2 Å². The molecule has 0 aromatic heterocycles. The van der Waals surface area contributed by atoms with E-state index in [4.69, 9.17) is 9.84 Å². The van der Waals surface area contributed by atoms with E-state index in [1.54, 1.807) is 0 Å². The number of hydrogen-bond acceptors (Lipinski definition) is 3. The SMILES string of the molecule is CCCCOCCCC(C)(CO)NC. The predicted octanol–water partition coefficient (Wildman–Crippen LogP) is 1.55. The van der Waals surface area contributed by atoms with Gasteiger partial charge in [0.05, 0.1) is 6.61 Å². The first kappa shape index (κ1) is 13.9. The molecule has 0 aromatic carbocycles. The quantitative estimate of drug-likeness (QED) is 0.559. The van der Waals surface area contributed by atoms with Crippen molar-refractivity contribution >= 4 is 0 Å². The minimum atomic E-state index is -0.145. The molecule has 1 unspecified atom stereocenters. The standard InChI is InChI=1S/C11H25NO2/c1-4-5-8-14-9-6-7-11(2,10-13)12-3/h12-13H,4-10H2,1-3H3.